The first-order valence-corrected chi connectivity index (χ1v) is 11.1. The normalized spacial score (nSPS) is 18.2. The van der Waals surface area contributed by atoms with Crippen LogP contribution in [0.5, 0.6) is 0 Å². The number of anilines is 1. The van der Waals surface area contributed by atoms with Gasteiger partial charge >= 0.3 is 0 Å². The van der Waals surface area contributed by atoms with Crippen molar-refractivity contribution in [1.82, 2.24) is 15.3 Å². The molecule has 0 radical (unpaired) electrons. The Kier molecular flexibility index (Phi) is 7.22. The molecule has 1 saturated heterocycles. The van der Waals surface area contributed by atoms with Crippen LogP contribution in [-0.4, -0.2) is 41.1 Å². The van der Waals surface area contributed by atoms with Gasteiger partial charge in [-0.2, -0.15) is 0 Å². The molecule has 1 aliphatic heterocycles. The largest absolute Gasteiger partial charge is 0.363 e. The Hall–Kier alpha value is -2.86. The predicted octanol–water partition coefficient (Wildman–Crippen LogP) is 4.54. The van der Waals surface area contributed by atoms with Crippen LogP contribution < -0.4 is 10.6 Å². The second kappa shape index (κ2) is 10.0. The van der Waals surface area contributed by atoms with Crippen LogP contribution in [0.4, 0.5) is 27.8 Å². The summed E-state index contributed by atoms with van der Waals surface area (Å²) in [5, 5.41) is 5.39. The number of nitrogens with one attached hydrogen (secondary N) is 2. The number of alkyl halides is 4. The van der Waals surface area contributed by atoms with Gasteiger partial charge in [0.2, 0.25) is 5.91 Å². The van der Waals surface area contributed by atoms with E-state index in [0.29, 0.717) is 0 Å². The molecule has 0 spiro atoms. The van der Waals surface area contributed by atoms with E-state index in [-0.39, 0.29) is 60.9 Å². The third kappa shape index (κ3) is 5.37. The molecular formula is C23H25F5N4O3. The Morgan fingerprint density at radius 3 is 2.40 bits per heavy atom. The maximum absolute atomic E-state index is 14.7. The minimum absolute atomic E-state index is 0.00910. The number of hydrogen-bond acceptors (Lipinski definition) is 6. The van der Waals surface area contributed by atoms with Crippen LogP contribution in [0.1, 0.15) is 66.7 Å². The number of amides is 1. The summed E-state index contributed by atoms with van der Waals surface area (Å²) in [6.07, 6.45) is -6.57. The highest BCUT2D eigenvalue weighted by atomic mass is 19.3. The average Bonchev–Trinajstić information content (AvgIpc) is 3.36. The Bertz CT molecular complexity index is 1090. The molecule has 2 aliphatic rings. The van der Waals surface area contributed by atoms with Gasteiger partial charge in [0.1, 0.15) is 23.0 Å². The number of benzene rings is 1. The van der Waals surface area contributed by atoms with Crippen LogP contribution in [0, 0.1) is 12.7 Å². The number of aryl methyl sites for hydroxylation is 1. The molecule has 2 aromatic rings. The summed E-state index contributed by atoms with van der Waals surface area (Å²) in [6.45, 7) is 3.66. The van der Waals surface area contributed by atoms with E-state index in [1.807, 2.05) is 0 Å². The van der Waals surface area contributed by atoms with Crippen molar-refractivity contribution in [2.45, 2.75) is 63.8 Å². The molecule has 1 amide bonds. The lowest BCUT2D eigenvalue weighted by Gasteiger charge is -2.23. The van der Waals surface area contributed by atoms with Crippen molar-refractivity contribution in [1.29, 1.82) is 0 Å². The summed E-state index contributed by atoms with van der Waals surface area (Å²) >= 11 is 0. The SMILES string of the molecule is Cc1nc(CC(=O)NC2(C(F)F)CC2)c(C2OCCO2)c(N[C@H](C)c2cccc(C(F)F)c2F)n1. The van der Waals surface area contributed by atoms with Gasteiger partial charge in [-0.15, -0.1) is 0 Å². The lowest BCUT2D eigenvalue weighted by atomic mass is 10.0. The van der Waals surface area contributed by atoms with E-state index in [2.05, 4.69) is 20.6 Å². The van der Waals surface area contributed by atoms with Crippen molar-refractivity contribution in [2.75, 3.05) is 18.5 Å². The number of carbonyl (C=O) groups excluding carboxylic acids is 1. The Labute approximate surface area is 198 Å². The number of hydrogen-bond donors (Lipinski definition) is 2. The highest BCUT2D eigenvalue weighted by molar-refractivity contribution is 5.80. The van der Waals surface area contributed by atoms with Gasteiger partial charge in [0, 0.05) is 5.56 Å². The maximum Gasteiger partial charge on any atom is 0.266 e. The zero-order chi connectivity index (χ0) is 25.3. The molecule has 35 heavy (non-hydrogen) atoms. The Morgan fingerprint density at radius 2 is 1.80 bits per heavy atom. The molecule has 12 heteroatoms. The number of nitrogens with zero attached hydrogens (tertiary/aromatic N) is 2. The van der Waals surface area contributed by atoms with Gasteiger partial charge in [-0.3, -0.25) is 4.79 Å². The second-order valence-corrected chi connectivity index (χ2v) is 8.65. The molecule has 190 valence electrons. The van der Waals surface area contributed by atoms with Crippen molar-refractivity contribution in [3.8, 4) is 0 Å². The molecule has 0 bridgehead atoms. The minimum atomic E-state index is -2.98. The Balaban J connectivity index is 1.65. The molecule has 0 unspecified atom stereocenters. The first-order chi connectivity index (χ1) is 16.6. The molecule has 1 saturated carbocycles. The van der Waals surface area contributed by atoms with Crippen molar-refractivity contribution >= 4 is 11.7 Å². The van der Waals surface area contributed by atoms with E-state index in [4.69, 9.17) is 9.47 Å². The van der Waals surface area contributed by atoms with Gasteiger partial charge in [0.15, 0.2) is 6.29 Å². The first kappa shape index (κ1) is 25.2. The van der Waals surface area contributed by atoms with Crippen LogP contribution in [0.2, 0.25) is 0 Å². The summed E-state index contributed by atoms with van der Waals surface area (Å²) in [5.41, 5.74) is -1.78. The maximum atomic E-state index is 14.7. The summed E-state index contributed by atoms with van der Waals surface area (Å²) in [4.78, 5) is 21.3. The Morgan fingerprint density at radius 1 is 1.14 bits per heavy atom. The third-order valence-corrected chi connectivity index (χ3v) is 6.03. The molecule has 1 aromatic heterocycles. The highest BCUT2D eigenvalue weighted by Crippen LogP contribution is 2.41. The van der Waals surface area contributed by atoms with Gasteiger partial charge in [0.25, 0.3) is 12.9 Å². The zero-order valence-electron chi connectivity index (χ0n) is 19.1. The second-order valence-electron chi connectivity index (χ2n) is 8.65. The summed E-state index contributed by atoms with van der Waals surface area (Å²) in [5.74, 6) is -1.27. The predicted molar refractivity (Wildman–Crippen MR) is 115 cm³/mol. The third-order valence-electron chi connectivity index (χ3n) is 6.03. The topological polar surface area (TPSA) is 85.4 Å². The van der Waals surface area contributed by atoms with E-state index in [0.717, 1.165) is 6.07 Å². The molecule has 2 N–H and O–H groups in total. The number of carbonyl (C=O) groups is 1. The van der Waals surface area contributed by atoms with Crippen molar-refractivity contribution in [3.63, 3.8) is 0 Å². The van der Waals surface area contributed by atoms with Gasteiger partial charge in [-0.1, -0.05) is 18.2 Å². The van der Waals surface area contributed by atoms with E-state index < -0.39 is 48.0 Å². The van der Waals surface area contributed by atoms with Crippen LogP contribution in [0.3, 0.4) is 0 Å². The van der Waals surface area contributed by atoms with E-state index in [9.17, 15) is 26.7 Å². The quantitative estimate of drug-likeness (QED) is 0.492. The minimum Gasteiger partial charge on any atom is -0.363 e. The highest BCUT2D eigenvalue weighted by Gasteiger charge is 2.52. The number of halogens is 5. The fourth-order valence-corrected chi connectivity index (χ4v) is 4.02. The summed E-state index contributed by atoms with van der Waals surface area (Å²) < 4.78 is 78.8. The van der Waals surface area contributed by atoms with Crippen molar-refractivity contribution < 1.29 is 36.2 Å². The van der Waals surface area contributed by atoms with Crippen LogP contribution in [-0.2, 0) is 20.7 Å². The molecular weight excluding hydrogens is 475 g/mol. The van der Waals surface area contributed by atoms with Crippen LogP contribution in [0.15, 0.2) is 18.2 Å². The molecule has 2 fully saturated rings. The van der Waals surface area contributed by atoms with Crippen molar-refractivity contribution in [2.24, 2.45) is 0 Å². The zero-order valence-corrected chi connectivity index (χ0v) is 19.1. The van der Waals surface area contributed by atoms with Gasteiger partial charge < -0.3 is 20.1 Å². The monoisotopic (exact) mass is 500 g/mol. The average molecular weight is 500 g/mol. The van der Waals surface area contributed by atoms with Gasteiger partial charge in [0.05, 0.1) is 42.5 Å². The molecule has 2 heterocycles. The van der Waals surface area contributed by atoms with E-state index in [1.54, 1.807) is 13.8 Å². The lowest BCUT2D eigenvalue weighted by Crippen LogP contribution is -2.43. The van der Waals surface area contributed by atoms with Gasteiger partial charge in [-0.05, 0) is 26.7 Å². The smallest absolute Gasteiger partial charge is 0.266 e. The summed E-state index contributed by atoms with van der Waals surface area (Å²) in [6, 6.07) is 2.92. The molecule has 4 rings (SSSR count). The number of ether oxygens (including phenoxy) is 2. The van der Waals surface area contributed by atoms with E-state index in [1.165, 1.54) is 12.1 Å². The number of aromatic nitrogens is 2. The lowest BCUT2D eigenvalue weighted by molar-refractivity contribution is -0.122. The van der Waals surface area contributed by atoms with Crippen LogP contribution in [0.25, 0.3) is 0 Å². The standard InChI is InChI=1S/C23H25F5N4O3/c1-11(13-4-3-5-14(18(13)24)19(25)26)29-20-17(21-34-8-9-35-21)15(30-12(2)31-20)10-16(33)32-23(6-7-23)22(27)28/h3-5,11,19,21-22H,6-10H2,1-2H3,(H,32,33)(H,29,30,31)/t11-/m1/s1. The number of rotatable bonds is 9. The van der Waals surface area contributed by atoms with Crippen LogP contribution >= 0.6 is 0 Å². The van der Waals surface area contributed by atoms with Crippen molar-refractivity contribution in [3.05, 3.63) is 52.2 Å². The first-order valence-electron chi connectivity index (χ1n) is 11.1. The fraction of sp³-hybridized carbons (Fsp3) is 0.522. The fourth-order valence-electron chi connectivity index (χ4n) is 4.02. The van der Waals surface area contributed by atoms with E-state index >= 15 is 0 Å². The molecule has 1 aliphatic carbocycles. The molecule has 7 nitrogen and oxygen atoms in total. The molecule has 1 aromatic carbocycles. The molecule has 1 atom stereocenters. The van der Waals surface area contributed by atoms with Gasteiger partial charge in [-0.25, -0.2) is 31.9 Å². The summed E-state index contributed by atoms with van der Waals surface area (Å²) in [7, 11) is 0.